The smallest absolute Gasteiger partial charge is 0.294 e. The summed E-state index contributed by atoms with van der Waals surface area (Å²) in [5, 5.41) is 15.2. The Labute approximate surface area is 130 Å². The molecule has 1 N–H and O–H groups in total. The van der Waals surface area contributed by atoms with Crippen molar-refractivity contribution in [3.8, 4) is 0 Å². The Kier molecular flexibility index (Phi) is 5.82. The molecule has 2 rings (SSSR count). The van der Waals surface area contributed by atoms with Gasteiger partial charge in [0.2, 0.25) is 0 Å². The molecule has 116 valence electrons. The number of nitrogens with zero attached hydrogens (tertiary/aromatic N) is 2. The molecule has 1 aromatic rings. The van der Waals surface area contributed by atoms with Gasteiger partial charge in [-0.1, -0.05) is 31.0 Å². The van der Waals surface area contributed by atoms with Crippen LogP contribution >= 0.6 is 11.6 Å². The summed E-state index contributed by atoms with van der Waals surface area (Å²) in [6.07, 6.45) is 4.32. The van der Waals surface area contributed by atoms with Crippen molar-refractivity contribution in [1.29, 1.82) is 0 Å². The second-order valence-corrected chi connectivity index (χ2v) is 5.86. The molecule has 1 aliphatic rings. The Morgan fingerprint density at radius 1 is 1.52 bits per heavy atom. The third kappa shape index (κ3) is 4.08. The first-order chi connectivity index (χ1) is 10.1. The fourth-order valence-electron chi connectivity index (χ4n) is 2.79. The average molecular weight is 312 g/mol. The van der Waals surface area contributed by atoms with Crippen LogP contribution in [0.5, 0.6) is 0 Å². The molecule has 1 aromatic carbocycles. The Hall–Kier alpha value is -1.33. The van der Waals surface area contributed by atoms with Gasteiger partial charge in [0.15, 0.2) is 0 Å². The number of para-hydroxylation sites is 1. The van der Waals surface area contributed by atoms with Crippen molar-refractivity contribution in [1.82, 2.24) is 5.32 Å². The van der Waals surface area contributed by atoms with E-state index in [0.717, 1.165) is 45.3 Å². The normalized spacial score (nSPS) is 17.9. The molecule has 1 fully saturated rings. The number of halogens is 1. The monoisotopic (exact) mass is 311 g/mol. The predicted octanol–water partition coefficient (Wildman–Crippen LogP) is 3.61. The molecule has 0 radical (unpaired) electrons. The number of nitrogens with one attached hydrogen (secondary N) is 1. The molecule has 0 spiro atoms. The van der Waals surface area contributed by atoms with E-state index in [-0.39, 0.29) is 10.6 Å². The van der Waals surface area contributed by atoms with E-state index in [0.29, 0.717) is 16.8 Å². The van der Waals surface area contributed by atoms with Crippen LogP contribution in [-0.2, 0) is 0 Å². The molecular formula is C15H22ClN3O2. The number of unbranched alkanes of at least 4 members (excludes halogenated alkanes) is 1. The van der Waals surface area contributed by atoms with Crippen LogP contribution in [0.15, 0.2) is 18.2 Å². The van der Waals surface area contributed by atoms with E-state index in [1.165, 1.54) is 6.07 Å². The molecule has 21 heavy (non-hydrogen) atoms. The summed E-state index contributed by atoms with van der Waals surface area (Å²) in [4.78, 5) is 13.0. The quantitative estimate of drug-likeness (QED) is 0.617. The molecule has 1 saturated heterocycles. The highest BCUT2D eigenvalue weighted by Crippen LogP contribution is 2.36. The highest BCUT2D eigenvalue weighted by molar-refractivity contribution is 6.33. The lowest BCUT2D eigenvalue weighted by Crippen LogP contribution is -2.38. The van der Waals surface area contributed by atoms with E-state index < -0.39 is 0 Å². The van der Waals surface area contributed by atoms with Crippen molar-refractivity contribution in [2.24, 2.45) is 0 Å². The van der Waals surface area contributed by atoms with Gasteiger partial charge in [-0.2, -0.15) is 0 Å². The highest BCUT2D eigenvalue weighted by atomic mass is 35.5. The van der Waals surface area contributed by atoms with Crippen LogP contribution in [0.1, 0.15) is 32.6 Å². The van der Waals surface area contributed by atoms with Gasteiger partial charge >= 0.3 is 0 Å². The lowest BCUT2D eigenvalue weighted by atomic mass is 10.1. The van der Waals surface area contributed by atoms with Crippen molar-refractivity contribution in [2.75, 3.05) is 24.5 Å². The first-order valence-corrected chi connectivity index (χ1v) is 7.92. The number of anilines is 1. The minimum Gasteiger partial charge on any atom is -0.363 e. The zero-order valence-corrected chi connectivity index (χ0v) is 13.1. The van der Waals surface area contributed by atoms with E-state index in [1.807, 2.05) is 0 Å². The third-order valence-electron chi connectivity index (χ3n) is 3.86. The standard InChI is InChI=1S/C15H22ClN3O2/c1-2-3-10-18(11-12-6-5-9-17-12)15-13(16)7-4-8-14(15)19(20)21/h4,7-8,12,17H,2-3,5-6,9-11H2,1H3. The fraction of sp³-hybridized carbons (Fsp3) is 0.600. The number of benzene rings is 1. The first-order valence-electron chi connectivity index (χ1n) is 7.54. The molecule has 6 heteroatoms. The van der Waals surface area contributed by atoms with Gasteiger partial charge in [-0.15, -0.1) is 0 Å². The Bertz CT molecular complexity index is 490. The fourth-order valence-corrected chi connectivity index (χ4v) is 3.08. The summed E-state index contributed by atoms with van der Waals surface area (Å²) in [7, 11) is 0. The number of nitro groups is 1. The SMILES string of the molecule is CCCCN(CC1CCCN1)c1c(Cl)cccc1[N+](=O)[O-]. The largest absolute Gasteiger partial charge is 0.363 e. The molecule has 1 atom stereocenters. The summed E-state index contributed by atoms with van der Waals surface area (Å²) in [6, 6.07) is 5.28. The van der Waals surface area contributed by atoms with Gasteiger partial charge in [0.1, 0.15) is 5.69 Å². The van der Waals surface area contributed by atoms with E-state index in [9.17, 15) is 10.1 Å². The Morgan fingerprint density at radius 3 is 2.95 bits per heavy atom. The van der Waals surface area contributed by atoms with E-state index in [2.05, 4.69) is 17.1 Å². The lowest BCUT2D eigenvalue weighted by molar-refractivity contribution is -0.384. The average Bonchev–Trinajstić information content (AvgIpc) is 2.96. The van der Waals surface area contributed by atoms with Crippen LogP contribution in [0.4, 0.5) is 11.4 Å². The molecule has 0 aliphatic carbocycles. The maximum absolute atomic E-state index is 11.3. The Morgan fingerprint density at radius 2 is 2.33 bits per heavy atom. The molecule has 0 amide bonds. The molecule has 1 aliphatic heterocycles. The van der Waals surface area contributed by atoms with Gasteiger partial charge in [0.25, 0.3) is 5.69 Å². The molecular weight excluding hydrogens is 290 g/mol. The van der Waals surface area contributed by atoms with Crippen LogP contribution in [0.3, 0.4) is 0 Å². The first kappa shape index (κ1) is 16.0. The Balaban J connectivity index is 2.28. The molecule has 0 saturated carbocycles. The van der Waals surface area contributed by atoms with Gasteiger partial charge in [0.05, 0.1) is 9.95 Å². The molecule has 1 unspecified atom stereocenters. The van der Waals surface area contributed by atoms with Gasteiger partial charge in [-0.3, -0.25) is 10.1 Å². The van der Waals surface area contributed by atoms with E-state index >= 15 is 0 Å². The van der Waals surface area contributed by atoms with Crippen LogP contribution in [-0.4, -0.2) is 30.6 Å². The van der Waals surface area contributed by atoms with Gasteiger partial charge in [-0.25, -0.2) is 0 Å². The second kappa shape index (κ2) is 7.61. The molecule has 5 nitrogen and oxygen atoms in total. The van der Waals surface area contributed by atoms with Crippen LogP contribution in [0.2, 0.25) is 5.02 Å². The summed E-state index contributed by atoms with van der Waals surface area (Å²) in [5.74, 6) is 0. The van der Waals surface area contributed by atoms with Crippen LogP contribution < -0.4 is 10.2 Å². The lowest BCUT2D eigenvalue weighted by Gasteiger charge is -2.28. The van der Waals surface area contributed by atoms with E-state index in [4.69, 9.17) is 11.6 Å². The van der Waals surface area contributed by atoms with Crippen molar-refractivity contribution in [3.05, 3.63) is 33.3 Å². The maximum atomic E-state index is 11.3. The van der Waals surface area contributed by atoms with Crippen molar-refractivity contribution in [3.63, 3.8) is 0 Å². The summed E-state index contributed by atoms with van der Waals surface area (Å²) in [6.45, 7) is 4.70. The van der Waals surface area contributed by atoms with Crippen LogP contribution in [0.25, 0.3) is 0 Å². The minimum atomic E-state index is -0.345. The topological polar surface area (TPSA) is 58.4 Å². The molecule has 0 aromatic heterocycles. The van der Waals surface area contributed by atoms with Gasteiger partial charge < -0.3 is 10.2 Å². The molecule has 0 bridgehead atoms. The highest BCUT2D eigenvalue weighted by Gasteiger charge is 2.25. The van der Waals surface area contributed by atoms with Gasteiger partial charge in [-0.05, 0) is 31.9 Å². The summed E-state index contributed by atoms with van der Waals surface area (Å²) in [5.41, 5.74) is 0.655. The third-order valence-corrected chi connectivity index (χ3v) is 4.17. The number of rotatable bonds is 7. The maximum Gasteiger partial charge on any atom is 0.294 e. The molecule has 1 heterocycles. The van der Waals surface area contributed by atoms with Crippen molar-refractivity contribution < 1.29 is 4.92 Å². The zero-order valence-electron chi connectivity index (χ0n) is 12.3. The number of hydrogen-bond donors (Lipinski definition) is 1. The number of hydrogen-bond acceptors (Lipinski definition) is 4. The van der Waals surface area contributed by atoms with Gasteiger partial charge in [0, 0.05) is 25.2 Å². The number of nitro benzene ring substituents is 1. The van der Waals surface area contributed by atoms with E-state index in [1.54, 1.807) is 12.1 Å². The summed E-state index contributed by atoms with van der Waals surface area (Å²) < 4.78 is 0. The zero-order chi connectivity index (χ0) is 15.2. The van der Waals surface area contributed by atoms with Crippen molar-refractivity contribution in [2.45, 2.75) is 38.6 Å². The minimum absolute atomic E-state index is 0.0941. The second-order valence-electron chi connectivity index (χ2n) is 5.46. The van der Waals surface area contributed by atoms with Crippen LogP contribution in [0, 0.1) is 10.1 Å². The predicted molar refractivity (Wildman–Crippen MR) is 86.3 cm³/mol. The van der Waals surface area contributed by atoms with Crippen molar-refractivity contribution >= 4 is 23.0 Å². The summed E-state index contributed by atoms with van der Waals surface area (Å²) >= 11 is 6.27.